The van der Waals surface area contributed by atoms with Crippen molar-refractivity contribution in [1.82, 2.24) is 0 Å². The average Bonchev–Trinajstić information content (AvgIpc) is 3.12. The molecule has 0 aromatic carbocycles. The van der Waals surface area contributed by atoms with Gasteiger partial charge in [-0.05, 0) is 12.8 Å². The van der Waals surface area contributed by atoms with Crippen molar-refractivity contribution >= 4 is 20.2 Å². The SMILES string of the molecule is CCCCCCCCCCCCOCCOCCOCCOCS(=O)(=O)[O-].CCCCCCCCCCCCOCCOCCOCCOCS(=O)(=O)[O-].[Zn+2]. The minimum Gasteiger partial charge on any atom is -0.746 e. The Labute approximate surface area is 348 Å². The molecule has 0 N–H and O–H groups in total. The van der Waals surface area contributed by atoms with E-state index in [0.29, 0.717) is 52.9 Å². The van der Waals surface area contributed by atoms with Crippen molar-refractivity contribution in [3.05, 3.63) is 0 Å². The van der Waals surface area contributed by atoms with E-state index in [1.165, 1.54) is 116 Å². The summed E-state index contributed by atoms with van der Waals surface area (Å²) in [5, 5.41) is 0. The van der Waals surface area contributed by atoms with E-state index >= 15 is 0 Å². The summed E-state index contributed by atoms with van der Waals surface area (Å²) in [6.07, 6.45) is 26.4. The van der Waals surface area contributed by atoms with Gasteiger partial charge in [0.1, 0.15) is 32.1 Å². The molecule has 0 radical (unpaired) electrons. The summed E-state index contributed by atoms with van der Waals surface area (Å²) in [4.78, 5) is 0. The summed E-state index contributed by atoms with van der Waals surface area (Å²) < 4.78 is 103. The second-order valence-electron chi connectivity index (χ2n) is 13.2. The van der Waals surface area contributed by atoms with Crippen LogP contribution in [0.3, 0.4) is 0 Å². The Morgan fingerprint density at radius 2 is 0.473 bits per heavy atom. The van der Waals surface area contributed by atoms with Gasteiger partial charge in [0.15, 0.2) is 0 Å². The largest absolute Gasteiger partial charge is 2.00 e. The normalized spacial score (nSPS) is 11.7. The Hall–Kier alpha value is 0.123. The molecule has 0 aliphatic heterocycles. The maximum Gasteiger partial charge on any atom is 2.00 e. The number of ether oxygens (including phenoxy) is 8. The predicted molar refractivity (Wildman–Crippen MR) is 210 cm³/mol. The molecule has 0 fully saturated rings. The molecular formula is C38H78O14S2Zn. The average molecular weight is 889 g/mol. The van der Waals surface area contributed by atoms with E-state index in [2.05, 4.69) is 23.3 Å². The van der Waals surface area contributed by atoms with Gasteiger partial charge in [-0.15, -0.1) is 0 Å². The summed E-state index contributed by atoms with van der Waals surface area (Å²) in [5.41, 5.74) is 0. The third kappa shape index (κ3) is 63.5. The first-order chi connectivity index (χ1) is 26.1. The Morgan fingerprint density at radius 3 is 0.691 bits per heavy atom. The van der Waals surface area contributed by atoms with Crippen LogP contribution in [-0.2, 0) is 77.6 Å². The second-order valence-corrected chi connectivity index (χ2v) is 15.9. The van der Waals surface area contributed by atoms with Gasteiger partial charge in [0, 0.05) is 13.2 Å². The summed E-state index contributed by atoms with van der Waals surface area (Å²) in [6, 6.07) is 0. The van der Waals surface area contributed by atoms with E-state index in [1.54, 1.807) is 0 Å². The van der Waals surface area contributed by atoms with E-state index < -0.39 is 32.1 Å². The number of hydrogen-bond donors (Lipinski definition) is 0. The molecule has 55 heavy (non-hydrogen) atoms. The second kappa shape index (κ2) is 48.5. The molecule has 0 aliphatic rings. The number of unbranched alkanes of at least 4 members (excludes halogenated alkanes) is 18. The maximum atomic E-state index is 10.3. The van der Waals surface area contributed by atoms with Crippen molar-refractivity contribution in [3.63, 3.8) is 0 Å². The Kier molecular flexibility index (Phi) is 52.4. The van der Waals surface area contributed by atoms with E-state index in [4.69, 9.17) is 28.4 Å². The molecule has 0 bridgehead atoms. The van der Waals surface area contributed by atoms with Crippen LogP contribution in [0.1, 0.15) is 142 Å². The van der Waals surface area contributed by atoms with Gasteiger partial charge < -0.3 is 47.0 Å². The molecule has 0 aromatic rings. The molecule has 328 valence electrons. The van der Waals surface area contributed by atoms with Crippen molar-refractivity contribution in [2.45, 2.75) is 142 Å². The summed E-state index contributed by atoms with van der Waals surface area (Å²) >= 11 is 0. The predicted octanol–water partition coefficient (Wildman–Crippen LogP) is 6.95. The molecule has 0 aliphatic carbocycles. The van der Waals surface area contributed by atoms with E-state index in [-0.39, 0.29) is 45.9 Å². The van der Waals surface area contributed by atoms with Crippen molar-refractivity contribution in [1.29, 1.82) is 0 Å². The number of rotatable bonds is 44. The fraction of sp³-hybridized carbons (Fsp3) is 1.00. The van der Waals surface area contributed by atoms with Gasteiger partial charge in [-0.1, -0.05) is 129 Å². The van der Waals surface area contributed by atoms with Crippen molar-refractivity contribution in [2.75, 3.05) is 104 Å². The minimum absolute atomic E-state index is 0. The third-order valence-electron chi connectivity index (χ3n) is 7.97. The standard InChI is InChI=1S/2C19H40O7S.Zn/c2*1-2-3-4-5-6-7-8-9-10-11-12-23-13-14-24-15-16-25-17-18-26-19-27(20,21)22;/h2*2-19H2,1H3,(H,20,21,22);/q;;+2/p-2. The van der Waals surface area contributed by atoms with Crippen LogP contribution in [0, 0.1) is 0 Å². The van der Waals surface area contributed by atoms with Crippen LogP contribution >= 0.6 is 0 Å². The Bertz CT molecular complexity index is 856. The van der Waals surface area contributed by atoms with E-state index in [1.807, 2.05) is 0 Å². The molecule has 0 unspecified atom stereocenters. The molecule has 0 spiro atoms. The minimum atomic E-state index is -4.32. The van der Waals surface area contributed by atoms with Gasteiger partial charge in [0.2, 0.25) is 0 Å². The van der Waals surface area contributed by atoms with Gasteiger partial charge in [-0.2, -0.15) is 0 Å². The Morgan fingerprint density at radius 1 is 0.291 bits per heavy atom. The van der Waals surface area contributed by atoms with Crippen LogP contribution < -0.4 is 0 Å². The Balaban J connectivity index is -0.000000966. The van der Waals surface area contributed by atoms with Gasteiger partial charge >= 0.3 is 19.5 Å². The van der Waals surface area contributed by atoms with Crippen molar-refractivity contribution in [2.24, 2.45) is 0 Å². The summed E-state index contributed by atoms with van der Waals surface area (Å²) in [7, 11) is -8.63. The molecule has 14 nitrogen and oxygen atoms in total. The molecule has 0 atom stereocenters. The van der Waals surface area contributed by atoms with Gasteiger partial charge in [0.05, 0.1) is 79.3 Å². The fourth-order valence-electron chi connectivity index (χ4n) is 5.02. The van der Waals surface area contributed by atoms with Crippen LogP contribution in [0.4, 0.5) is 0 Å². The molecule has 0 heterocycles. The topological polar surface area (TPSA) is 188 Å². The van der Waals surface area contributed by atoms with Crippen LogP contribution in [-0.4, -0.2) is 130 Å². The molecule has 0 saturated heterocycles. The number of hydrogen-bond acceptors (Lipinski definition) is 14. The smallest absolute Gasteiger partial charge is 0.746 e. The third-order valence-corrected chi connectivity index (χ3v) is 8.88. The maximum absolute atomic E-state index is 10.3. The summed E-state index contributed by atoms with van der Waals surface area (Å²) in [6.45, 7) is 10.6. The fourth-order valence-corrected chi connectivity index (χ4v) is 5.67. The zero-order chi connectivity index (χ0) is 40.1. The molecule has 0 amide bonds. The zero-order valence-corrected chi connectivity index (χ0v) is 39.3. The quantitative estimate of drug-likeness (QED) is 0.0347. The monoisotopic (exact) mass is 886 g/mol. The first kappa shape index (κ1) is 59.4. The van der Waals surface area contributed by atoms with Crippen molar-refractivity contribution < 1.29 is 83.3 Å². The van der Waals surface area contributed by atoms with Crippen LogP contribution in [0.2, 0.25) is 0 Å². The van der Waals surface area contributed by atoms with Crippen LogP contribution in [0.5, 0.6) is 0 Å². The molecular weight excluding hydrogens is 810 g/mol. The van der Waals surface area contributed by atoms with Gasteiger partial charge in [0.25, 0.3) is 0 Å². The van der Waals surface area contributed by atoms with E-state index in [9.17, 15) is 25.9 Å². The van der Waals surface area contributed by atoms with E-state index in [0.717, 1.165) is 26.1 Å². The van der Waals surface area contributed by atoms with Crippen LogP contribution in [0.15, 0.2) is 0 Å². The molecule has 0 saturated carbocycles. The summed E-state index contributed by atoms with van der Waals surface area (Å²) in [5.74, 6) is -1.63. The zero-order valence-electron chi connectivity index (χ0n) is 34.7. The molecule has 0 rings (SSSR count). The first-order valence-corrected chi connectivity index (χ1v) is 23.8. The van der Waals surface area contributed by atoms with Crippen LogP contribution in [0.25, 0.3) is 0 Å². The van der Waals surface area contributed by atoms with Gasteiger partial charge in [-0.3, -0.25) is 0 Å². The first-order valence-electron chi connectivity index (χ1n) is 20.6. The molecule has 0 aromatic heterocycles. The van der Waals surface area contributed by atoms with Gasteiger partial charge in [-0.25, -0.2) is 16.8 Å². The molecule has 17 heteroatoms. The van der Waals surface area contributed by atoms with Crippen molar-refractivity contribution in [3.8, 4) is 0 Å².